The lowest BCUT2D eigenvalue weighted by molar-refractivity contribution is 1.32. The Morgan fingerprint density at radius 3 is 1.26 bits per heavy atom. The van der Waals surface area contributed by atoms with Gasteiger partial charge in [0.25, 0.3) is 0 Å². The lowest BCUT2D eigenvalue weighted by Gasteiger charge is -2.17. The van der Waals surface area contributed by atoms with Crippen molar-refractivity contribution in [2.75, 3.05) is 0 Å². The van der Waals surface area contributed by atoms with Crippen LogP contribution in [0, 0.1) is 0 Å². The van der Waals surface area contributed by atoms with Crippen molar-refractivity contribution in [2.45, 2.75) is 0 Å². The summed E-state index contributed by atoms with van der Waals surface area (Å²) >= 11 is 0. The predicted octanol–water partition coefficient (Wildman–Crippen LogP) is 14.4. The monoisotopic (exact) mass is 739 g/mol. The fourth-order valence-electron chi connectivity index (χ4n) is 7.85. The van der Waals surface area contributed by atoms with E-state index >= 15 is 0 Å². The number of fused-ring (bicyclic) bond motifs is 1. The molecule has 3 heteroatoms. The zero-order valence-corrected chi connectivity index (χ0v) is 31.7. The molecule has 0 saturated carbocycles. The molecule has 0 N–H and O–H groups in total. The van der Waals surface area contributed by atoms with Crippen molar-refractivity contribution in [3.05, 3.63) is 225 Å². The molecule has 0 saturated heterocycles. The maximum Gasteiger partial charge on any atom is 0.0788 e. The van der Waals surface area contributed by atoms with Crippen LogP contribution in [0.15, 0.2) is 225 Å². The van der Waals surface area contributed by atoms with Crippen molar-refractivity contribution < 1.29 is 0 Å². The summed E-state index contributed by atoms with van der Waals surface area (Å²) in [6.45, 7) is 0. The molecule has 0 spiro atoms. The number of pyridine rings is 3. The molecule has 0 aliphatic carbocycles. The lowest BCUT2D eigenvalue weighted by Crippen LogP contribution is -1.95. The Balaban J connectivity index is 1.22. The van der Waals surface area contributed by atoms with E-state index < -0.39 is 0 Å². The van der Waals surface area contributed by atoms with Gasteiger partial charge in [0.1, 0.15) is 0 Å². The van der Waals surface area contributed by atoms with Gasteiger partial charge in [0.15, 0.2) is 0 Å². The minimum Gasteiger partial charge on any atom is -0.264 e. The van der Waals surface area contributed by atoms with E-state index in [0.717, 1.165) is 77.8 Å². The summed E-state index contributed by atoms with van der Waals surface area (Å²) in [7, 11) is 0. The second kappa shape index (κ2) is 15.4. The van der Waals surface area contributed by atoms with E-state index in [9.17, 15) is 0 Å². The van der Waals surface area contributed by atoms with Gasteiger partial charge in [0.2, 0.25) is 0 Å². The molecule has 0 atom stereocenters. The van der Waals surface area contributed by atoms with E-state index in [0.29, 0.717) is 0 Å². The highest BCUT2D eigenvalue weighted by atomic mass is 14.7. The molecule has 0 fully saturated rings. The van der Waals surface area contributed by atoms with Crippen molar-refractivity contribution in [2.24, 2.45) is 0 Å². The van der Waals surface area contributed by atoms with Gasteiger partial charge >= 0.3 is 0 Å². The van der Waals surface area contributed by atoms with Crippen molar-refractivity contribution >= 4 is 10.8 Å². The molecule has 0 aliphatic rings. The van der Waals surface area contributed by atoms with Crippen molar-refractivity contribution in [1.29, 1.82) is 0 Å². The van der Waals surface area contributed by atoms with Crippen molar-refractivity contribution in [3.8, 4) is 89.3 Å². The van der Waals surface area contributed by atoms with Crippen molar-refractivity contribution in [3.63, 3.8) is 0 Å². The molecular weight excluding hydrogens is 703 g/mol. The highest BCUT2D eigenvalue weighted by Crippen LogP contribution is 2.42. The summed E-state index contributed by atoms with van der Waals surface area (Å²) < 4.78 is 0. The highest BCUT2D eigenvalue weighted by Gasteiger charge is 2.18. The normalized spacial score (nSPS) is 11.1. The van der Waals surface area contributed by atoms with E-state index in [1.165, 1.54) is 22.3 Å². The topological polar surface area (TPSA) is 38.7 Å². The van der Waals surface area contributed by atoms with Gasteiger partial charge in [-0.3, -0.25) is 9.97 Å². The lowest BCUT2D eigenvalue weighted by atomic mass is 9.88. The minimum atomic E-state index is 0.913. The first-order valence-corrected chi connectivity index (χ1v) is 19.6. The largest absolute Gasteiger partial charge is 0.264 e. The molecule has 0 radical (unpaired) electrons. The zero-order chi connectivity index (χ0) is 38.7. The fraction of sp³-hybridized carbons (Fsp3) is 0. The molecule has 3 heterocycles. The number of nitrogens with zero attached hydrogens (tertiary/aromatic N) is 3. The van der Waals surface area contributed by atoms with Gasteiger partial charge in [-0.1, -0.05) is 158 Å². The van der Waals surface area contributed by atoms with Crippen LogP contribution in [0.4, 0.5) is 0 Å². The third-order valence-electron chi connectivity index (χ3n) is 10.9. The number of hydrogen-bond donors (Lipinski definition) is 0. The van der Waals surface area contributed by atoms with Crippen molar-refractivity contribution in [1.82, 2.24) is 15.0 Å². The third-order valence-corrected chi connectivity index (χ3v) is 10.9. The molecule has 3 aromatic heterocycles. The van der Waals surface area contributed by atoms with E-state index in [2.05, 4.69) is 198 Å². The first kappa shape index (κ1) is 34.7. The Labute approximate surface area is 338 Å². The average Bonchev–Trinajstić information content (AvgIpc) is 3.32. The minimum absolute atomic E-state index is 0.913. The SMILES string of the molecule is c1ccc(-c2cccc(-c3cc(-c4cccc(-c5ccccc5)c4)c4cc(-c5ccc(-c6cccnc6)cc5)nc(-c5ccc(-c6cccnc6)cc5)c4c3)c2)cc1. The standard InChI is InChI=1S/C55H37N3/c1-3-11-38(12-4-1)44-15-7-17-46(31-44)50-33-51(47-18-8-16-45(32-47)39-13-5-2-6-14-39)52-35-54(42-25-21-40(22-26-42)48-19-9-29-56-36-48)58-55(53(52)34-50)43-27-23-41(24-28-43)49-20-10-30-57-37-49/h1-37H. The van der Waals surface area contributed by atoms with Crippen LogP contribution in [0.3, 0.4) is 0 Å². The number of benzene rings is 7. The molecule has 0 bridgehead atoms. The van der Waals surface area contributed by atoms with Crippen LogP contribution in [0.2, 0.25) is 0 Å². The molecule has 0 unspecified atom stereocenters. The summed E-state index contributed by atoms with van der Waals surface area (Å²) in [4.78, 5) is 14.2. The quantitative estimate of drug-likeness (QED) is 0.156. The molecule has 10 aromatic rings. The molecule has 272 valence electrons. The van der Waals surface area contributed by atoms with Crippen LogP contribution in [-0.2, 0) is 0 Å². The van der Waals surface area contributed by atoms with Crippen LogP contribution >= 0.6 is 0 Å². The third kappa shape index (κ3) is 6.98. The Hall–Kier alpha value is -7.75. The second-order valence-electron chi connectivity index (χ2n) is 14.5. The van der Waals surface area contributed by atoms with E-state index in [1.54, 1.807) is 6.20 Å². The molecular formula is C55H37N3. The van der Waals surface area contributed by atoms with Crippen LogP contribution < -0.4 is 0 Å². The average molecular weight is 740 g/mol. The van der Waals surface area contributed by atoms with Gasteiger partial charge in [-0.2, -0.15) is 0 Å². The Kier molecular flexibility index (Phi) is 9.23. The molecule has 0 amide bonds. The van der Waals surface area contributed by atoms with Gasteiger partial charge < -0.3 is 0 Å². The molecule has 10 rings (SSSR count). The summed E-state index contributed by atoms with van der Waals surface area (Å²) in [6, 6.07) is 71.5. The fourth-order valence-corrected chi connectivity index (χ4v) is 7.85. The molecule has 0 aliphatic heterocycles. The maximum absolute atomic E-state index is 5.52. The smallest absolute Gasteiger partial charge is 0.0788 e. The van der Waals surface area contributed by atoms with Gasteiger partial charge in [-0.25, -0.2) is 4.98 Å². The first-order chi connectivity index (χ1) is 28.7. The Bertz CT molecular complexity index is 3000. The van der Waals surface area contributed by atoms with E-state index in [4.69, 9.17) is 4.98 Å². The predicted molar refractivity (Wildman–Crippen MR) is 241 cm³/mol. The summed E-state index contributed by atoms with van der Waals surface area (Å²) in [5.41, 5.74) is 17.6. The Morgan fingerprint density at radius 1 is 0.259 bits per heavy atom. The number of aromatic nitrogens is 3. The van der Waals surface area contributed by atoms with E-state index in [-0.39, 0.29) is 0 Å². The van der Waals surface area contributed by atoms with Crippen LogP contribution in [-0.4, -0.2) is 15.0 Å². The van der Waals surface area contributed by atoms with E-state index in [1.807, 2.05) is 30.7 Å². The maximum atomic E-state index is 5.52. The summed E-state index contributed by atoms with van der Waals surface area (Å²) in [5.74, 6) is 0. The summed E-state index contributed by atoms with van der Waals surface area (Å²) in [5, 5.41) is 2.23. The van der Waals surface area contributed by atoms with Gasteiger partial charge in [0, 0.05) is 41.3 Å². The van der Waals surface area contributed by atoms with Crippen LogP contribution in [0.25, 0.3) is 100 Å². The van der Waals surface area contributed by atoms with Crippen LogP contribution in [0.1, 0.15) is 0 Å². The number of rotatable bonds is 8. The molecule has 7 aromatic carbocycles. The first-order valence-electron chi connectivity index (χ1n) is 19.6. The molecule has 3 nitrogen and oxygen atoms in total. The highest BCUT2D eigenvalue weighted by molar-refractivity contribution is 6.07. The zero-order valence-electron chi connectivity index (χ0n) is 31.7. The Morgan fingerprint density at radius 2 is 0.707 bits per heavy atom. The molecule has 58 heavy (non-hydrogen) atoms. The van der Waals surface area contributed by atoms with Crippen LogP contribution in [0.5, 0.6) is 0 Å². The van der Waals surface area contributed by atoms with Gasteiger partial charge in [-0.15, -0.1) is 0 Å². The number of hydrogen-bond acceptors (Lipinski definition) is 3. The van der Waals surface area contributed by atoms with Gasteiger partial charge in [-0.05, 0) is 115 Å². The van der Waals surface area contributed by atoms with Gasteiger partial charge in [0.05, 0.1) is 11.4 Å². The second-order valence-corrected chi connectivity index (χ2v) is 14.5. The summed E-state index contributed by atoms with van der Waals surface area (Å²) in [6.07, 6.45) is 7.42.